The second-order valence-corrected chi connectivity index (χ2v) is 10.8. The maximum Gasteiger partial charge on any atom is 0.203 e. The Kier molecular flexibility index (Phi) is 8.34. The normalized spacial score (nSPS) is 37.9. The summed E-state index contributed by atoms with van der Waals surface area (Å²) < 4.78 is 22.8. The molecule has 3 aliphatic rings. The van der Waals surface area contributed by atoms with Gasteiger partial charge in [-0.2, -0.15) is 0 Å². The van der Waals surface area contributed by atoms with Gasteiger partial charge in [0.05, 0.1) is 18.3 Å². The largest absolute Gasteiger partial charge is 0.508 e. The van der Waals surface area contributed by atoms with Crippen LogP contribution in [-0.2, 0) is 14.2 Å². The standard InChI is InChI=1S/C27H32O16/c1-7-17(32)22(37)19(34)14(40-7)6-15-20(35)23(38)24(39)27(42-15)43-26-21(36)16-10(29)4-9(28)5-13(16)41-25(26)8-2-11(30)18(33)12(31)3-8/h2-5,7,14-15,17,19-20,22-35,37-39H,6H2,1H3. The molecule has 3 heterocycles. The van der Waals surface area contributed by atoms with E-state index in [9.17, 15) is 61.0 Å². The number of hydrogen-bond acceptors (Lipinski definition) is 16. The van der Waals surface area contributed by atoms with Crippen molar-refractivity contribution in [3.63, 3.8) is 0 Å². The first kappa shape index (κ1) is 31.0. The molecule has 5 rings (SSSR count). The summed E-state index contributed by atoms with van der Waals surface area (Å²) in [5, 5.41) is 113. The molecule has 0 aromatic heterocycles. The summed E-state index contributed by atoms with van der Waals surface area (Å²) in [6, 6.07) is 3.76. The Morgan fingerprint density at radius 2 is 1.30 bits per heavy atom. The van der Waals surface area contributed by atoms with E-state index in [0.717, 1.165) is 24.3 Å². The number of ketones is 1. The molecule has 12 unspecified atom stereocenters. The van der Waals surface area contributed by atoms with Crippen LogP contribution in [0.2, 0.25) is 0 Å². The van der Waals surface area contributed by atoms with Crippen LogP contribution in [0.25, 0.3) is 0 Å². The number of rotatable bonds is 5. The van der Waals surface area contributed by atoms with E-state index in [0.29, 0.717) is 0 Å². The number of aliphatic hydroxyl groups is 6. The van der Waals surface area contributed by atoms with E-state index in [1.807, 2.05) is 0 Å². The van der Waals surface area contributed by atoms with Gasteiger partial charge in [0.25, 0.3) is 0 Å². The average molecular weight is 613 g/mol. The Labute approximate surface area is 242 Å². The van der Waals surface area contributed by atoms with E-state index in [1.165, 1.54) is 6.92 Å². The van der Waals surface area contributed by atoms with Crippen molar-refractivity contribution < 1.29 is 79.9 Å². The summed E-state index contributed by atoms with van der Waals surface area (Å²) in [6.45, 7) is 1.44. The summed E-state index contributed by atoms with van der Waals surface area (Å²) in [4.78, 5) is 13.7. The Balaban J connectivity index is 1.47. The quantitative estimate of drug-likeness (QED) is 0.163. The van der Waals surface area contributed by atoms with Crippen LogP contribution >= 0.6 is 0 Å². The van der Waals surface area contributed by atoms with Crippen molar-refractivity contribution in [2.45, 2.75) is 86.8 Å². The zero-order valence-corrected chi connectivity index (χ0v) is 22.4. The van der Waals surface area contributed by atoms with Gasteiger partial charge in [0.2, 0.25) is 5.78 Å². The molecule has 0 aliphatic carbocycles. The number of Topliss-reactive ketones (excluding diaryl/α,β-unsaturated/α-hetero) is 1. The van der Waals surface area contributed by atoms with Crippen LogP contribution in [0.4, 0.5) is 0 Å². The summed E-state index contributed by atoms with van der Waals surface area (Å²) in [6.07, 6.45) is -19.5. The number of hydrogen-bond donors (Lipinski definition) is 11. The number of ether oxygens (including phenoxy) is 4. The van der Waals surface area contributed by atoms with Crippen LogP contribution in [0.1, 0.15) is 35.4 Å². The van der Waals surface area contributed by atoms with Gasteiger partial charge in [-0.05, 0) is 19.1 Å². The number of benzene rings is 2. The molecule has 2 aromatic carbocycles. The van der Waals surface area contributed by atoms with Crippen molar-refractivity contribution in [1.29, 1.82) is 0 Å². The number of aliphatic hydroxyl groups excluding tert-OH is 6. The van der Waals surface area contributed by atoms with Gasteiger partial charge in [-0.15, -0.1) is 0 Å². The van der Waals surface area contributed by atoms with Gasteiger partial charge in [0, 0.05) is 24.1 Å². The zero-order chi connectivity index (χ0) is 31.5. The Morgan fingerprint density at radius 3 is 1.93 bits per heavy atom. The van der Waals surface area contributed by atoms with Crippen molar-refractivity contribution in [3.8, 4) is 34.5 Å². The highest BCUT2D eigenvalue weighted by atomic mass is 16.7. The first-order valence-electron chi connectivity index (χ1n) is 13.3. The number of carbonyl (C=O) groups excluding carboxylic acids is 1. The molecule has 0 spiro atoms. The van der Waals surface area contributed by atoms with Crippen LogP contribution < -0.4 is 4.74 Å². The number of fused-ring (bicyclic) bond motifs is 1. The summed E-state index contributed by atoms with van der Waals surface area (Å²) in [7, 11) is 0. The molecule has 3 aliphatic heterocycles. The number of phenols is 5. The number of carbonyl (C=O) groups is 1. The molecular weight excluding hydrogens is 580 g/mol. The monoisotopic (exact) mass is 612 g/mol. The number of aromatic hydroxyl groups is 5. The molecule has 236 valence electrons. The second-order valence-electron chi connectivity index (χ2n) is 10.8. The average Bonchev–Trinajstić information content (AvgIpc) is 2.95. The van der Waals surface area contributed by atoms with E-state index >= 15 is 0 Å². The third kappa shape index (κ3) is 5.52. The molecule has 43 heavy (non-hydrogen) atoms. The third-order valence-corrected chi connectivity index (χ3v) is 7.89. The van der Waals surface area contributed by atoms with Gasteiger partial charge < -0.3 is 75.1 Å². The maximum atomic E-state index is 13.7. The first-order valence-corrected chi connectivity index (χ1v) is 13.3. The van der Waals surface area contributed by atoms with E-state index < -0.39 is 114 Å². The van der Waals surface area contributed by atoms with Crippen molar-refractivity contribution in [2.75, 3.05) is 0 Å². The summed E-state index contributed by atoms with van der Waals surface area (Å²) >= 11 is 0. The lowest BCUT2D eigenvalue weighted by Gasteiger charge is -2.45. The summed E-state index contributed by atoms with van der Waals surface area (Å²) in [5.41, 5.74) is -0.573. The minimum Gasteiger partial charge on any atom is -0.508 e. The Bertz CT molecular complexity index is 1340. The SMILES string of the molecule is CC1OC(CC2OC(OC3C(=O)c4c(O)cc(O)cc4OC3c3cc(O)c(O)c(O)c3)C(O)C(O)C2O)C(O)C(O)C1O. The first-order chi connectivity index (χ1) is 20.2. The lowest BCUT2D eigenvalue weighted by Crippen LogP contribution is -2.62. The van der Waals surface area contributed by atoms with E-state index in [4.69, 9.17) is 18.9 Å². The van der Waals surface area contributed by atoms with Gasteiger partial charge >= 0.3 is 0 Å². The molecule has 0 radical (unpaired) electrons. The molecule has 12 atom stereocenters. The molecule has 2 fully saturated rings. The van der Waals surface area contributed by atoms with E-state index in [-0.39, 0.29) is 17.7 Å². The molecule has 0 saturated carbocycles. The molecule has 2 saturated heterocycles. The molecule has 0 amide bonds. The van der Waals surface area contributed by atoms with Gasteiger partial charge in [-0.25, -0.2) is 0 Å². The van der Waals surface area contributed by atoms with E-state index in [2.05, 4.69) is 0 Å². The topological polar surface area (TPSA) is 277 Å². The van der Waals surface area contributed by atoms with Gasteiger partial charge in [0.1, 0.15) is 59.4 Å². The number of phenolic OH excluding ortho intramolecular Hbond substituents is 5. The predicted octanol–water partition coefficient (Wildman–Crippen LogP) is -2.02. The molecule has 16 heteroatoms. The minimum absolute atomic E-state index is 0.137. The van der Waals surface area contributed by atoms with Crippen molar-refractivity contribution in [1.82, 2.24) is 0 Å². The highest BCUT2D eigenvalue weighted by Crippen LogP contribution is 2.46. The molecule has 16 nitrogen and oxygen atoms in total. The lowest BCUT2D eigenvalue weighted by molar-refractivity contribution is -0.316. The smallest absolute Gasteiger partial charge is 0.203 e. The summed E-state index contributed by atoms with van der Waals surface area (Å²) in [5.74, 6) is -4.91. The zero-order valence-electron chi connectivity index (χ0n) is 22.4. The van der Waals surface area contributed by atoms with Crippen LogP contribution in [0.5, 0.6) is 34.5 Å². The molecule has 2 aromatic rings. The molecule has 0 bridgehead atoms. The third-order valence-electron chi connectivity index (χ3n) is 7.89. The lowest BCUT2D eigenvalue weighted by atomic mass is 9.88. The van der Waals surface area contributed by atoms with Crippen molar-refractivity contribution in [2.24, 2.45) is 0 Å². The van der Waals surface area contributed by atoms with Gasteiger partial charge in [-0.1, -0.05) is 0 Å². The van der Waals surface area contributed by atoms with E-state index in [1.54, 1.807) is 0 Å². The van der Waals surface area contributed by atoms with Crippen LogP contribution in [-0.4, -0.2) is 129 Å². The van der Waals surface area contributed by atoms with Crippen LogP contribution in [0.3, 0.4) is 0 Å². The predicted molar refractivity (Wildman–Crippen MR) is 137 cm³/mol. The van der Waals surface area contributed by atoms with Crippen molar-refractivity contribution >= 4 is 5.78 Å². The fourth-order valence-corrected chi connectivity index (χ4v) is 5.50. The second kappa shape index (κ2) is 11.6. The maximum absolute atomic E-state index is 13.7. The van der Waals surface area contributed by atoms with Crippen LogP contribution in [0, 0.1) is 0 Å². The highest BCUT2D eigenvalue weighted by molar-refractivity contribution is 6.05. The fraction of sp³-hybridized carbons (Fsp3) is 0.519. The highest BCUT2D eigenvalue weighted by Gasteiger charge is 2.51. The van der Waals surface area contributed by atoms with Gasteiger partial charge in [0.15, 0.2) is 35.7 Å². The van der Waals surface area contributed by atoms with Crippen LogP contribution in [0.15, 0.2) is 24.3 Å². The Morgan fingerprint density at radius 1 is 0.721 bits per heavy atom. The molecular formula is C27H32O16. The fourth-order valence-electron chi connectivity index (χ4n) is 5.50. The van der Waals surface area contributed by atoms with Gasteiger partial charge in [-0.3, -0.25) is 4.79 Å². The Hall–Kier alpha value is -3.45. The minimum atomic E-state index is -1.97. The van der Waals surface area contributed by atoms with Crippen molar-refractivity contribution in [3.05, 3.63) is 35.4 Å². The molecule has 11 N–H and O–H groups in total.